The Balaban J connectivity index is 1.39. The molecule has 5 atom stereocenters. The van der Waals surface area contributed by atoms with E-state index in [-0.39, 0.29) is 0 Å². The second kappa shape index (κ2) is 8.57. The summed E-state index contributed by atoms with van der Waals surface area (Å²) in [6.45, 7) is 0. The minimum Gasteiger partial charge on any atom is -0.366 e. The second-order valence-corrected chi connectivity index (χ2v) is 11.3. The van der Waals surface area contributed by atoms with E-state index in [0.717, 1.165) is 12.8 Å². The average molecular weight is 481 g/mol. The molecule has 0 amide bonds. The van der Waals surface area contributed by atoms with Gasteiger partial charge in [-0.25, -0.2) is 0 Å². The predicted molar refractivity (Wildman–Crippen MR) is 152 cm³/mol. The Bertz CT molecular complexity index is 1660. The van der Waals surface area contributed by atoms with Gasteiger partial charge in [0.2, 0.25) is 0 Å². The molecule has 1 aliphatic heterocycles. The third-order valence-electron chi connectivity index (χ3n) is 9.41. The fourth-order valence-electron chi connectivity index (χ4n) is 7.85. The zero-order valence-electron chi connectivity index (χ0n) is 21.1. The van der Waals surface area contributed by atoms with Gasteiger partial charge in [-0.2, -0.15) is 0 Å². The van der Waals surface area contributed by atoms with E-state index in [4.69, 9.17) is 4.74 Å². The number of hydrogen-bond acceptors (Lipinski definition) is 1. The number of benzene rings is 3. The van der Waals surface area contributed by atoms with Crippen molar-refractivity contribution in [3.8, 4) is 0 Å². The summed E-state index contributed by atoms with van der Waals surface area (Å²) in [6.07, 6.45) is 20.8. The van der Waals surface area contributed by atoms with Crippen molar-refractivity contribution >= 4 is 21.9 Å². The Kier molecular flexibility index (Phi) is 5.01. The third kappa shape index (κ3) is 3.33. The van der Waals surface area contributed by atoms with Gasteiger partial charge >= 0.3 is 0 Å². The Morgan fingerprint density at radius 2 is 1.65 bits per heavy atom. The third-order valence-corrected chi connectivity index (χ3v) is 9.41. The molecule has 182 valence electrons. The number of allylic oxidation sites excluding steroid dienone is 6. The van der Waals surface area contributed by atoms with E-state index >= 15 is 0 Å². The van der Waals surface area contributed by atoms with Crippen LogP contribution in [-0.2, 0) is 4.74 Å². The highest BCUT2D eigenvalue weighted by atomic mass is 16.5. The smallest absolute Gasteiger partial charge is 0.0830 e. The molecule has 3 aromatic rings. The molecule has 5 unspecified atom stereocenters. The van der Waals surface area contributed by atoms with Crippen molar-refractivity contribution in [3.05, 3.63) is 130 Å². The van der Waals surface area contributed by atoms with Crippen LogP contribution in [0.5, 0.6) is 0 Å². The monoisotopic (exact) mass is 480 g/mol. The van der Waals surface area contributed by atoms with Crippen LogP contribution in [0.4, 0.5) is 0 Å². The van der Waals surface area contributed by atoms with Crippen molar-refractivity contribution in [1.29, 1.82) is 0 Å². The van der Waals surface area contributed by atoms with Gasteiger partial charge in [0.25, 0.3) is 0 Å². The summed E-state index contributed by atoms with van der Waals surface area (Å²) in [5, 5.41) is 5.51. The van der Waals surface area contributed by atoms with Crippen LogP contribution in [0.1, 0.15) is 37.7 Å². The van der Waals surface area contributed by atoms with Crippen LogP contribution in [0.25, 0.3) is 21.9 Å². The molecule has 1 heteroatoms. The molecule has 0 saturated carbocycles. The van der Waals surface area contributed by atoms with Crippen molar-refractivity contribution in [2.45, 2.75) is 44.3 Å². The van der Waals surface area contributed by atoms with Gasteiger partial charge in [-0.1, -0.05) is 103 Å². The van der Waals surface area contributed by atoms with Crippen LogP contribution >= 0.6 is 0 Å². The average Bonchev–Trinajstić information content (AvgIpc) is 3.33. The molecule has 3 aromatic carbocycles. The van der Waals surface area contributed by atoms with Crippen LogP contribution < -0.4 is 10.4 Å². The maximum absolute atomic E-state index is 6.51. The van der Waals surface area contributed by atoms with Crippen molar-refractivity contribution < 1.29 is 4.74 Å². The van der Waals surface area contributed by atoms with Gasteiger partial charge in [-0.3, -0.25) is 0 Å². The highest BCUT2D eigenvalue weighted by molar-refractivity contribution is 5.99. The fraction of sp³-hybridized carbons (Fsp3) is 0.278. The van der Waals surface area contributed by atoms with Crippen molar-refractivity contribution in [2.24, 2.45) is 17.8 Å². The summed E-state index contributed by atoms with van der Waals surface area (Å²) in [5.41, 5.74) is 7.51. The molecule has 4 aliphatic carbocycles. The molecular formula is C36H32O. The quantitative estimate of drug-likeness (QED) is 0.368. The van der Waals surface area contributed by atoms with Crippen LogP contribution in [0.15, 0.2) is 114 Å². The molecule has 1 heterocycles. The Labute approximate surface area is 218 Å². The molecule has 1 saturated heterocycles. The van der Waals surface area contributed by atoms with Gasteiger partial charge in [0.1, 0.15) is 0 Å². The molecule has 0 spiro atoms. The molecular weight excluding hydrogens is 448 g/mol. The van der Waals surface area contributed by atoms with Crippen LogP contribution in [-0.4, -0.2) is 12.2 Å². The predicted octanol–water partition coefficient (Wildman–Crippen LogP) is 6.78. The summed E-state index contributed by atoms with van der Waals surface area (Å²) in [5.74, 6) is 1.49. The van der Waals surface area contributed by atoms with Gasteiger partial charge < -0.3 is 4.74 Å². The van der Waals surface area contributed by atoms with Gasteiger partial charge in [-0.15, -0.1) is 0 Å². The zero-order chi connectivity index (χ0) is 24.3. The second-order valence-electron chi connectivity index (χ2n) is 11.3. The normalized spacial score (nSPS) is 29.8. The lowest BCUT2D eigenvalue weighted by atomic mass is 9.67. The molecule has 8 rings (SSSR count). The first-order chi connectivity index (χ1) is 18.4. The molecule has 1 nitrogen and oxygen atoms in total. The molecule has 0 bridgehead atoms. The van der Waals surface area contributed by atoms with E-state index in [1.165, 1.54) is 57.2 Å². The van der Waals surface area contributed by atoms with Gasteiger partial charge in [0.15, 0.2) is 0 Å². The van der Waals surface area contributed by atoms with E-state index in [1.54, 1.807) is 11.1 Å². The fourth-order valence-corrected chi connectivity index (χ4v) is 7.85. The minimum absolute atomic E-state index is 0.298. The maximum Gasteiger partial charge on any atom is 0.0830 e. The van der Waals surface area contributed by atoms with E-state index in [0.29, 0.717) is 30.0 Å². The minimum atomic E-state index is 0.298. The number of ether oxygens (including phenoxy) is 1. The van der Waals surface area contributed by atoms with Crippen LogP contribution in [0, 0.1) is 17.8 Å². The van der Waals surface area contributed by atoms with E-state index in [2.05, 4.69) is 103 Å². The number of fused-ring (bicyclic) bond motifs is 6. The lowest BCUT2D eigenvalue weighted by molar-refractivity contribution is 0.0568. The molecule has 0 aromatic heterocycles. The van der Waals surface area contributed by atoms with E-state index in [9.17, 15) is 0 Å². The summed E-state index contributed by atoms with van der Waals surface area (Å²) < 4.78 is 6.51. The Morgan fingerprint density at radius 3 is 2.62 bits per heavy atom. The Morgan fingerprint density at radius 1 is 0.784 bits per heavy atom. The maximum atomic E-state index is 6.51. The molecule has 5 aliphatic rings. The first kappa shape index (κ1) is 21.6. The van der Waals surface area contributed by atoms with E-state index < -0.39 is 0 Å². The van der Waals surface area contributed by atoms with Crippen LogP contribution in [0.2, 0.25) is 0 Å². The van der Waals surface area contributed by atoms with Gasteiger partial charge in [0, 0.05) is 11.8 Å². The molecule has 0 N–H and O–H groups in total. The zero-order valence-corrected chi connectivity index (χ0v) is 21.1. The lowest BCUT2D eigenvalue weighted by Crippen LogP contribution is -2.40. The van der Waals surface area contributed by atoms with Gasteiger partial charge in [-0.05, 0) is 87.1 Å². The summed E-state index contributed by atoms with van der Waals surface area (Å²) >= 11 is 0. The highest BCUT2D eigenvalue weighted by Crippen LogP contribution is 2.48. The SMILES string of the molecule is C1=CCC2C(=C1)C(c1cccc3ccccc13)=c1ccccc1=C2C1C=C2C(CC1)OC1C=CCCC21. The molecule has 0 radical (unpaired) electrons. The summed E-state index contributed by atoms with van der Waals surface area (Å²) in [7, 11) is 0. The first-order valence-electron chi connectivity index (χ1n) is 14.1. The largest absolute Gasteiger partial charge is 0.366 e. The number of hydrogen-bond donors (Lipinski definition) is 0. The van der Waals surface area contributed by atoms with E-state index in [1.807, 2.05) is 0 Å². The lowest BCUT2D eigenvalue weighted by Gasteiger charge is -2.36. The Hall–Kier alpha value is -3.42. The first-order valence-corrected chi connectivity index (χ1v) is 14.1. The highest BCUT2D eigenvalue weighted by Gasteiger charge is 2.43. The van der Waals surface area contributed by atoms with Gasteiger partial charge in [0.05, 0.1) is 12.2 Å². The number of rotatable bonds is 2. The van der Waals surface area contributed by atoms with Crippen LogP contribution in [0.3, 0.4) is 0 Å². The van der Waals surface area contributed by atoms with Crippen molar-refractivity contribution in [2.75, 3.05) is 0 Å². The topological polar surface area (TPSA) is 9.23 Å². The van der Waals surface area contributed by atoms with Crippen molar-refractivity contribution in [1.82, 2.24) is 0 Å². The summed E-state index contributed by atoms with van der Waals surface area (Å²) in [6, 6.07) is 24.9. The molecule has 37 heavy (non-hydrogen) atoms. The molecule has 1 fully saturated rings. The summed E-state index contributed by atoms with van der Waals surface area (Å²) in [4.78, 5) is 0. The van der Waals surface area contributed by atoms with Crippen molar-refractivity contribution in [3.63, 3.8) is 0 Å². The standard InChI is InChI=1S/C36H32O/c1-2-12-25-23(10-1)11-9-18-27(25)36-30-16-5-3-14-28(30)35(29-15-4-6-17-31(29)36)24-20-21-34-32(22-24)26-13-7-8-19-33(26)37-34/h1-6,8-12,14,16-19,22,24,26,29,33-34H,7,13,15,20-21H2.